The summed E-state index contributed by atoms with van der Waals surface area (Å²) in [5, 5.41) is 2.56. The van der Waals surface area contributed by atoms with E-state index in [1.54, 1.807) is 0 Å². The predicted octanol–water partition coefficient (Wildman–Crippen LogP) is 7.76. The maximum Gasteiger partial charge on any atom is 0.391 e. The highest BCUT2D eigenvalue weighted by atomic mass is 35.5. The SMILES string of the molecule is CCC1CCCCN1Cc1ccc2ccc(OC3CCC(C(F)(F)F)CC3)c(Cl)c2c1. The molecule has 1 atom stereocenters. The molecule has 0 spiro atoms. The molecule has 2 aromatic rings. The molecule has 0 radical (unpaired) electrons. The fraction of sp³-hybridized carbons (Fsp3) is 0.600. The third-order valence-electron chi connectivity index (χ3n) is 7.02. The maximum atomic E-state index is 12.9. The van der Waals surface area contributed by atoms with Gasteiger partial charge in [-0.2, -0.15) is 13.2 Å². The van der Waals surface area contributed by atoms with E-state index in [4.69, 9.17) is 16.3 Å². The second kappa shape index (κ2) is 9.58. The van der Waals surface area contributed by atoms with Gasteiger partial charge in [-0.25, -0.2) is 0 Å². The second-order valence-corrected chi connectivity index (χ2v) is 9.47. The molecule has 1 saturated carbocycles. The van der Waals surface area contributed by atoms with Crippen molar-refractivity contribution in [3.05, 3.63) is 40.9 Å². The van der Waals surface area contributed by atoms with E-state index in [9.17, 15) is 13.2 Å². The van der Waals surface area contributed by atoms with Crippen LogP contribution in [0, 0.1) is 5.92 Å². The van der Waals surface area contributed by atoms with Gasteiger partial charge in [0.1, 0.15) is 5.75 Å². The van der Waals surface area contributed by atoms with Gasteiger partial charge in [0.2, 0.25) is 0 Å². The molecule has 6 heteroatoms. The van der Waals surface area contributed by atoms with Gasteiger partial charge < -0.3 is 4.74 Å². The first-order valence-corrected chi connectivity index (χ1v) is 11.9. The lowest BCUT2D eigenvalue weighted by Gasteiger charge is -2.35. The molecule has 2 aromatic carbocycles. The van der Waals surface area contributed by atoms with Crippen molar-refractivity contribution in [1.29, 1.82) is 0 Å². The molecular weight excluding hydrogens is 423 g/mol. The fourth-order valence-corrected chi connectivity index (χ4v) is 5.42. The number of fused-ring (bicyclic) bond motifs is 1. The molecule has 0 N–H and O–H groups in total. The van der Waals surface area contributed by atoms with Gasteiger partial charge in [0.25, 0.3) is 0 Å². The first-order valence-electron chi connectivity index (χ1n) is 11.5. The molecule has 2 nitrogen and oxygen atoms in total. The van der Waals surface area contributed by atoms with Crippen LogP contribution in [0.4, 0.5) is 13.2 Å². The van der Waals surface area contributed by atoms with Crippen molar-refractivity contribution >= 4 is 22.4 Å². The van der Waals surface area contributed by atoms with Gasteiger partial charge in [0.05, 0.1) is 17.0 Å². The molecule has 0 aromatic heterocycles. The van der Waals surface area contributed by atoms with Crippen molar-refractivity contribution in [3.8, 4) is 5.75 Å². The first kappa shape index (κ1) is 22.7. The molecule has 1 unspecified atom stereocenters. The first-order chi connectivity index (χ1) is 14.8. The molecule has 0 bridgehead atoms. The molecule has 1 saturated heterocycles. The Morgan fingerprint density at radius 2 is 1.77 bits per heavy atom. The van der Waals surface area contributed by atoms with Crippen LogP contribution >= 0.6 is 11.6 Å². The Morgan fingerprint density at radius 3 is 2.48 bits per heavy atom. The second-order valence-electron chi connectivity index (χ2n) is 9.09. The Kier molecular flexibility index (Phi) is 7.02. The highest BCUT2D eigenvalue weighted by Crippen LogP contribution is 2.40. The van der Waals surface area contributed by atoms with Crippen LogP contribution in [-0.4, -0.2) is 29.8 Å². The summed E-state index contributed by atoms with van der Waals surface area (Å²) in [5.74, 6) is -0.630. The van der Waals surface area contributed by atoms with E-state index >= 15 is 0 Å². The third-order valence-corrected chi connectivity index (χ3v) is 7.41. The Labute approximate surface area is 187 Å². The van der Waals surface area contributed by atoms with E-state index in [2.05, 4.69) is 30.0 Å². The molecule has 1 aliphatic carbocycles. The van der Waals surface area contributed by atoms with Crippen molar-refractivity contribution in [2.45, 2.75) is 83.2 Å². The van der Waals surface area contributed by atoms with Crippen LogP contribution in [0.1, 0.15) is 63.9 Å². The van der Waals surface area contributed by atoms with Gasteiger partial charge in [-0.3, -0.25) is 4.90 Å². The maximum absolute atomic E-state index is 12.9. The van der Waals surface area contributed by atoms with E-state index in [1.807, 2.05) is 12.1 Å². The highest BCUT2D eigenvalue weighted by molar-refractivity contribution is 6.37. The summed E-state index contributed by atoms with van der Waals surface area (Å²) in [4.78, 5) is 2.57. The lowest BCUT2D eigenvalue weighted by Crippen LogP contribution is -2.38. The number of hydrogen-bond acceptors (Lipinski definition) is 2. The number of likely N-dealkylation sites (tertiary alicyclic amines) is 1. The van der Waals surface area contributed by atoms with Crippen molar-refractivity contribution in [1.82, 2.24) is 4.90 Å². The lowest BCUT2D eigenvalue weighted by molar-refractivity contribution is -0.185. The van der Waals surface area contributed by atoms with Crippen LogP contribution in [-0.2, 0) is 6.54 Å². The van der Waals surface area contributed by atoms with Gasteiger partial charge in [-0.15, -0.1) is 0 Å². The van der Waals surface area contributed by atoms with Crippen LogP contribution in [0.5, 0.6) is 5.75 Å². The van der Waals surface area contributed by atoms with Crippen LogP contribution in [0.15, 0.2) is 30.3 Å². The van der Waals surface area contributed by atoms with Gasteiger partial charge >= 0.3 is 6.18 Å². The number of benzene rings is 2. The molecule has 170 valence electrons. The normalized spacial score (nSPS) is 25.6. The van der Waals surface area contributed by atoms with E-state index < -0.39 is 12.1 Å². The summed E-state index contributed by atoms with van der Waals surface area (Å²) in [6.45, 7) is 4.30. The molecular formula is C25H31ClF3NO. The molecule has 1 aliphatic heterocycles. The zero-order chi connectivity index (χ0) is 22.0. The number of alkyl halides is 3. The van der Waals surface area contributed by atoms with Crippen molar-refractivity contribution in [2.24, 2.45) is 5.92 Å². The van der Waals surface area contributed by atoms with Crippen LogP contribution in [0.3, 0.4) is 0 Å². The fourth-order valence-electron chi connectivity index (χ4n) is 5.15. The quantitative estimate of drug-likeness (QED) is 0.458. The van der Waals surface area contributed by atoms with Crippen molar-refractivity contribution in [3.63, 3.8) is 0 Å². The Morgan fingerprint density at radius 1 is 1.03 bits per heavy atom. The summed E-state index contributed by atoms with van der Waals surface area (Å²) in [5.41, 5.74) is 1.23. The van der Waals surface area contributed by atoms with Gasteiger partial charge in [-0.1, -0.05) is 43.1 Å². The molecule has 0 amide bonds. The van der Waals surface area contributed by atoms with Crippen LogP contribution in [0.2, 0.25) is 5.02 Å². The average Bonchev–Trinajstić information content (AvgIpc) is 2.76. The lowest BCUT2D eigenvalue weighted by atomic mass is 9.87. The highest BCUT2D eigenvalue weighted by Gasteiger charge is 2.41. The van der Waals surface area contributed by atoms with Gasteiger partial charge in [0, 0.05) is 18.0 Å². The van der Waals surface area contributed by atoms with E-state index in [-0.39, 0.29) is 18.9 Å². The predicted molar refractivity (Wildman–Crippen MR) is 120 cm³/mol. The molecule has 1 heterocycles. The summed E-state index contributed by atoms with van der Waals surface area (Å²) >= 11 is 6.71. The number of rotatable bonds is 5. The summed E-state index contributed by atoms with van der Waals surface area (Å²) in [7, 11) is 0. The Balaban J connectivity index is 1.48. The van der Waals surface area contributed by atoms with Crippen LogP contribution in [0.25, 0.3) is 10.8 Å². The van der Waals surface area contributed by atoms with Crippen molar-refractivity contribution in [2.75, 3.05) is 6.54 Å². The van der Waals surface area contributed by atoms with Crippen LogP contribution < -0.4 is 4.74 Å². The Hall–Kier alpha value is -1.46. The number of ether oxygens (including phenoxy) is 1. The zero-order valence-corrected chi connectivity index (χ0v) is 18.8. The number of piperidine rings is 1. The van der Waals surface area contributed by atoms with Crippen molar-refractivity contribution < 1.29 is 17.9 Å². The third kappa shape index (κ3) is 5.31. The minimum absolute atomic E-state index is 0.123. The van der Waals surface area contributed by atoms with E-state index in [0.717, 1.165) is 23.9 Å². The molecule has 2 aliphatic rings. The summed E-state index contributed by atoms with van der Waals surface area (Å²) < 4.78 is 44.8. The Bertz CT molecular complexity index is 892. The summed E-state index contributed by atoms with van der Waals surface area (Å²) in [6.07, 6.45) is 1.74. The van der Waals surface area contributed by atoms with E-state index in [0.29, 0.717) is 29.7 Å². The number of halogens is 4. The average molecular weight is 454 g/mol. The number of nitrogens with zero attached hydrogens (tertiary/aromatic N) is 1. The van der Waals surface area contributed by atoms with E-state index in [1.165, 1.54) is 31.2 Å². The monoisotopic (exact) mass is 453 g/mol. The minimum Gasteiger partial charge on any atom is -0.489 e. The molecule has 2 fully saturated rings. The van der Waals surface area contributed by atoms with Gasteiger partial charge in [-0.05, 0) is 74.6 Å². The standard InChI is InChI=1S/C25H31ClF3NO/c1-2-20-5-3-4-14-30(20)16-17-6-7-18-8-13-23(24(26)22(18)15-17)31-21-11-9-19(10-12-21)25(27,28)29/h6-8,13,15,19-21H,2-5,9-12,14,16H2,1H3. The van der Waals surface area contributed by atoms with Gasteiger partial charge in [0.15, 0.2) is 0 Å². The summed E-state index contributed by atoms with van der Waals surface area (Å²) in [6, 6.07) is 10.9. The molecule has 4 rings (SSSR count). The smallest absolute Gasteiger partial charge is 0.391 e. The topological polar surface area (TPSA) is 12.5 Å². The number of hydrogen-bond donors (Lipinski definition) is 0. The zero-order valence-electron chi connectivity index (χ0n) is 18.1. The molecule has 31 heavy (non-hydrogen) atoms. The minimum atomic E-state index is -4.10. The largest absolute Gasteiger partial charge is 0.489 e.